The summed E-state index contributed by atoms with van der Waals surface area (Å²) in [5, 5.41) is 0. The van der Waals surface area contributed by atoms with Gasteiger partial charge in [-0.25, -0.2) is 0 Å². The van der Waals surface area contributed by atoms with E-state index in [0.29, 0.717) is 18.1 Å². The zero-order valence-electron chi connectivity index (χ0n) is 9.69. The lowest BCUT2D eigenvalue weighted by Crippen LogP contribution is -2.41. The highest BCUT2D eigenvalue weighted by Gasteiger charge is 2.44. The van der Waals surface area contributed by atoms with Gasteiger partial charge in [0.05, 0.1) is 12.2 Å². The van der Waals surface area contributed by atoms with Gasteiger partial charge in [-0.05, 0) is 25.2 Å². The standard InChI is InChI=1S/C10H20O4Si/c1-11-15(3,12-2)13-7-8-4-5-9-10(6-8)14-9/h8-10H,4-7H2,1-3H3. The van der Waals surface area contributed by atoms with Gasteiger partial charge in [-0.1, -0.05) is 0 Å². The first-order valence-corrected chi connectivity index (χ1v) is 7.79. The van der Waals surface area contributed by atoms with Crippen LogP contribution in [-0.4, -0.2) is 41.8 Å². The Balaban J connectivity index is 1.72. The van der Waals surface area contributed by atoms with Crippen molar-refractivity contribution < 1.29 is 18.0 Å². The molecule has 0 aromatic heterocycles. The summed E-state index contributed by atoms with van der Waals surface area (Å²) < 4.78 is 21.8. The van der Waals surface area contributed by atoms with Gasteiger partial charge in [0, 0.05) is 27.4 Å². The van der Waals surface area contributed by atoms with Crippen LogP contribution < -0.4 is 0 Å². The molecule has 1 aliphatic carbocycles. The van der Waals surface area contributed by atoms with Gasteiger partial charge >= 0.3 is 8.80 Å². The molecule has 0 spiro atoms. The molecule has 15 heavy (non-hydrogen) atoms. The highest BCUT2D eigenvalue weighted by Crippen LogP contribution is 2.39. The van der Waals surface area contributed by atoms with Crippen LogP contribution in [0.3, 0.4) is 0 Å². The zero-order chi connectivity index (χ0) is 10.9. The highest BCUT2D eigenvalue weighted by atomic mass is 28.4. The lowest BCUT2D eigenvalue weighted by atomic mass is 9.90. The second-order valence-corrected chi connectivity index (χ2v) is 7.30. The van der Waals surface area contributed by atoms with E-state index in [0.717, 1.165) is 13.0 Å². The average Bonchev–Trinajstić information content (AvgIpc) is 3.04. The molecular formula is C10H20O4Si. The third-order valence-corrected chi connectivity index (χ3v) is 5.61. The van der Waals surface area contributed by atoms with Crippen LogP contribution in [-0.2, 0) is 18.0 Å². The smallest absolute Gasteiger partial charge is 0.377 e. The van der Waals surface area contributed by atoms with Crippen LogP contribution in [0.25, 0.3) is 0 Å². The Hall–Kier alpha value is 0.0569. The summed E-state index contributed by atoms with van der Waals surface area (Å²) in [6, 6.07) is 0. The van der Waals surface area contributed by atoms with Gasteiger partial charge in [-0.15, -0.1) is 0 Å². The van der Waals surface area contributed by atoms with Gasteiger partial charge in [0.25, 0.3) is 0 Å². The van der Waals surface area contributed by atoms with Crippen molar-refractivity contribution in [3.8, 4) is 0 Å². The van der Waals surface area contributed by atoms with Crippen LogP contribution in [0, 0.1) is 5.92 Å². The SMILES string of the molecule is CO[Si](C)(OC)OCC1CCC2OC2C1. The minimum absolute atomic E-state index is 0.519. The summed E-state index contributed by atoms with van der Waals surface area (Å²) in [6.07, 6.45) is 4.62. The molecule has 5 heteroatoms. The quantitative estimate of drug-likeness (QED) is 0.531. The molecule has 2 fully saturated rings. The van der Waals surface area contributed by atoms with E-state index in [-0.39, 0.29) is 0 Å². The third-order valence-electron chi connectivity index (χ3n) is 3.44. The van der Waals surface area contributed by atoms with Crippen LogP contribution in [0.15, 0.2) is 0 Å². The molecule has 0 aromatic rings. The predicted molar refractivity (Wildman–Crippen MR) is 57.6 cm³/mol. The fraction of sp³-hybridized carbons (Fsp3) is 1.00. The molecule has 0 amide bonds. The van der Waals surface area contributed by atoms with E-state index in [1.165, 1.54) is 12.8 Å². The lowest BCUT2D eigenvalue weighted by molar-refractivity contribution is 0.0822. The van der Waals surface area contributed by atoms with Crippen molar-refractivity contribution >= 4 is 8.80 Å². The van der Waals surface area contributed by atoms with Crippen molar-refractivity contribution in [2.24, 2.45) is 5.92 Å². The summed E-state index contributed by atoms with van der Waals surface area (Å²) in [5.74, 6) is 0.617. The number of rotatable bonds is 5. The predicted octanol–water partition coefficient (Wildman–Crippen LogP) is 1.43. The van der Waals surface area contributed by atoms with Crippen LogP contribution in [0.2, 0.25) is 6.55 Å². The minimum Gasteiger partial charge on any atom is -0.377 e. The molecule has 3 unspecified atom stereocenters. The third kappa shape index (κ3) is 2.79. The summed E-state index contributed by atoms with van der Waals surface area (Å²) in [5.41, 5.74) is 0. The Kier molecular flexibility index (Phi) is 3.47. The molecule has 1 saturated carbocycles. The first kappa shape index (κ1) is 11.5. The normalized spacial score (nSPS) is 35.0. The topological polar surface area (TPSA) is 40.2 Å². The summed E-state index contributed by atoms with van der Waals surface area (Å²) in [7, 11) is 0.968. The molecule has 0 N–H and O–H groups in total. The Labute approximate surface area is 92.2 Å². The van der Waals surface area contributed by atoms with Crippen molar-refractivity contribution in [3.05, 3.63) is 0 Å². The van der Waals surface area contributed by atoms with Crippen LogP contribution in [0.5, 0.6) is 0 Å². The van der Waals surface area contributed by atoms with Crippen molar-refractivity contribution in [1.82, 2.24) is 0 Å². The second kappa shape index (κ2) is 4.51. The summed E-state index contributed by atoms with van der Waals surface area (Å²) in [6.45, 7) is 2.67. The van der Waals surface area contributed by atoms with E-state index < -0.39 is 8.80 Å². The van der Waals surface area contributed by atoms with Gasteiger partial charge < -0.3 is 18.0 Å². The fourth-order valence-electron chi connectivity index (χ4n) is 2.11. The molecular weight excluding hydrogens is 212 g/mol. The Morgan fingerprint density at radius 2 is 1.93 bits per heavy atom. The van der Waals surface area contributed by atoms with Crippen molar-refractivity contribution in [1.29, 1.82) is 0 Å². The molecule has 1 saturated heterocycles. The fourth-order valence-corrected chi connectivity index (χ4v) is 3.05. The van der Waals surface area contributed by atoms with Gasteiger partial charge in [-0.2, -0.15) is 0 Å². The maximum atomic E-state index is 5.77. The molecule has 1 heterocycles. The van der Waals surface area contributed by atoms with Crippen LogP contribution in [0.4, 0.5) is 0 Å². The number of fused-ring (bicyclic) bond motifs is 1. The first-order valence-electron chi connectivity index (χ1n) is 5.56. The van der Waals surface area contributed by atoms with Crippen molar-refractivity contribution in [3.63, 3.8) is 0 Å². The zero-order valence-corrected chi connectivity index (χ0v) is 10.7. The van der Waals surface area contributed by atoms with E-state index in [1.807, 2.05) is 6.55 Å². The molecule has 88 valence electrons. The number of hydrogen-bond donors (Lipinski definition) is 0. The molecule has 2 aliphatic rings. The number of epoxide rings is 1. The minimum atomic E-state index is -2.33. The Bertz CT molecular complexity index is 219. The van der Waals surface area contributed by atoms with Gasteiger partial charge in [0.15, 0.2) is 0 Å². The van der Waals surface area contributed by atoms with Gasteiger partial charge in [0.2, 0.25) is 0 Å². The first-order chi connectivity index (χ1) is 7.17. The van der Waals surface area contributed by atoms with Crippen molar-refractivity contribution in [2.75, 3.05) is 20.8 Å². The van der Waals surface area contributed by atoms with E-state index in [9.17, 15) is 0 Å². The maximum Gasteiger partial charge on any atom is 0.497 e. The van der Waals surface area contributed by atoms with Crippen LogP contribution >= 0.6 is 0 Å². The molecule has 0 radical (unpaired) electrons. The van der Waals surface area contributed by atoms with E-state index in [2.05, 4.69) is 0 Å². The van der Waals surface area contributed by atoms with Crippen molar-refractivity contribution in [2.45, 2.75) is 38.0 Å². The van der Waals surface area contributed by atoms with E-state index in [1.54, 1.807) is 14.2 Å². The Morgan fingerprint density at radius 3 is 2.53 bits per heavy atom. The van der Waals surface area contributed by atoms with Gasteiger partial charge in [0.1, 0.15) is 0 Å². The van der Waals surface area contributed by atoms with E-state index in [4.69, 9.17) is 18.0 Å². The molecule has 3 atom stereocenters. The number of hydrogen-bond acceptors (Lipinski definition) is 4. The molecule has 4 nitrogen and oxygen atoms in total. The molecule has 0 aromatic carbocycles. The van der Waals surface area contributed by atoms with Crippen LogP contribution in [0.1, 0.15) is 19.3 Å². The summed E-state index contributed by atoms with van der Waals surface area (Å²) in [4.78, 5) is 0. The van der Waals surface area contributed by atoms with Gasteiger partial charge in [-0.3, -0.25) is 0 Å². The lowest BCUT2D eigenvalue weighted by Gasteiger charge is -2.26. The largest absolute Gasteiger partial charge is 0.497 e. The second-order valence-electron chi connectivity index (χ2n) is 4.47. The maximum absolute atomic E-state index is 5.77. The summed E-state index contributed by atoms with van der Waals surface area (Å²) >= 11 is 0. The Morgan fingerprint density at radius 1 is 1.20 bits per heavy atom. The monoisotopic (exact) mass is 232 g/mol. The van der Waals surface area contributed by atoms with E-state index >= 15 is 0 Å². The number of ether oxygens (including phenoxy) is 1. The molecule has 1 aliphatic heterocycles. The molecule has 0 bridgehead atoms. The highest BCUT2D eigenvalue weighted by molar-refractivity contribution is 6.59. The average molecular weight is 232 g/mol. The molecule has 2 rings (SSSR count).